The second kappa shape index (κ2) is 4.59. The monoisotopic (exact) mass is 260 g/mol. The van der Waals surface area contributed by atoms with E-state index in [4.69, 9.17) is 16.3 Å². The molecule has 3 nitrogen and oxygen atoms in total. The fraction of sp³-hybridized carbons (Fsp3) is 0.214. The maximum Gasteiger partial charge on any atom is 0.142 e. The van der Waals surface area contributed by atoms with Crippen LogP contribution in [0.4, 0.5) is 0 Å². The molecule has 0 radical (unpaired) electrons. The summed E-state index contributed by atoms with van der Waals surface area (Å²) in [6.07, 6.45) is 1.67. The first-order chi connectivity index (χ1) is 8.81. The van der Waals surface area contributed by atoms with Crippen molar-refractivity contribution in [3.05, 3.63) is 41.6 Å². The Hall–Kier alpha value is -1.58. The lowest BCUT2D eigenvalue weighted by Gasteiger charge is -2.05. The van der Waals surface area contributed by atoms with E-state index >= 15 is 0 Å². The molecule has 4 heteroatoms. The van der Waals surface area contributed by atoms with Crippen molar-refractivity contribution in [1.29, 1.82) is 0 Å². The van der Waals surface area contributed by atoms with Gasteiger partial charge in [-0.1, -0.05) is 29.8 Å². The SMILES string of the molecule is CCOCn1c2ccccc2c2cc(Cl)cnc21. The lowest BCUT2D eigenvalue weighted by Crippen LogP contribution is -2.02. The minimum absolute atomic E-state index is 0.509. The van der Waals surface area contributed by atoms with Crippen LogP contribution in [0.25, 0.3) is 21.9 Å². The first-order valence-electron chi connectivity index (χ1n) is 5.91. The van der Waals surface area contributed by atoms with E-state index in [1.54, 1.807) is 6.20 Å². The first kappa shape index (κ1) is 11.5. The lowest BCUT2D eigenvalue weighted by atomic mass is 10.2. The molecule has 0 atom stereocenters. The molecule has 0 amide bonds. The van der Waals surface area contributed by atoms with Crippen molar-refractivity contribution in [2.75, 3.05) is 6.61 Å². The standard InChI is InChI=1S/C14H13ClN2O/c1-2-18-9-17-13-6-4-3-5-11(13)12-7-10(15)8-16-14(12)17/h3-8H,2,9H2,1H3. The molecule has 2 heterocycles. The zero-order valence-corrected chi connectivity index (χ0v) is 10.8. The van der Waals surface area contributed by atoms with Gasteiger partial charge >= 0.3 is 0 Å². The molecule has 0 saturated heterocycles. The molecular weight excluding hydrogens is 248 g/mol. The lowest BCUT2D eigenvalue weighted by molar-refractivity contribution is 0.0932. The van der Waals surface area contributed by atoms with E-state index < -0.39 is 0 Å². The highest BCUT2D eigenvalue weighted by atomic mass is 35.5. The van der Waals surface area contributed by atoms with Gasteiger partial charge in [0.1, 0.15) is 12.4 Å². The Morgan fingerprint density at radius 1 is 1.28 bits per heavy atom. The fourth-order valence-electron chi connectivity index (χ4n) is 2.21. The predicted octanol–water partition coefficient (Wildman–Crippen LogP) is 3.84. The summed E-state index contributed by atoms with van der Waals surface area (Å²) >= 11 is 6.03. The summed E-state index contributed by atoms with van der Waals surface area (Å²) in [4.78, 5) is 4.42. The van der Waals surface area contributed by atoms with Gasteiger partial charge in [-0.2, -0.15) is 0 Å². The van der Waals surface area contributed by atoms with Crippen LogP contribution in [0.5, 0.6) is 0 Å². The van der Waals surface area contributed by atoms with E-state index in [0.29, 0.717) is 18.4 Å². The van der Waals surface area contributed by atoms with Crippen LogP contribution in [-0.4, -0.2) is 16.2 Å². The van der Waals surface area contributed by atoms with Crippen molar-refractivity contribution in [3.8, 4) is 0 Å². The Morgan fingerprint density at radius 3 is 2.94 bits per heavy atom. The van der Waals surface area contributed by atoms with Crippen LogP contribution in [-0.2, 0) is 11.5 Å². The number of ether oxygens (including phenoxy) is 1. The third-order valence-corrected chi connectivity index (χ3v) is 3.21. The Labute approximate surface area is 110 Å². The van der Waals surface area contributed by atoms with E-state index in [0.717, 1.165) is 21.9 Å². The molecule has 18 heavy (non-hydrogen) atoms. The zero-order chi connectivity index (χ0) is 12.5. The number of para-hydroxylation sites is 1. The normalized spacial score (nSPS) is 11.4. The molecule has 3 rings (SSSR count). The van der Waals surface area contributed by atoms with Crippen molar-refractivity contribution in [1.82, 2.24) is 9.55 Å². The summed E-state index contributed by atoms with van der Waals surface area (Å²) in [5.41, 5.74) is 2.03. The van der Waals surface area contributed by atoms with Crippen molar-refractivity contribution in [3.63, 3.8) is 0 Å². The summed E-state index contributed by atoms with van der Waals surface area (Å²) in [6, 6.07) is 10.1. The summed E-state index contributed by atoms with van der Waals surface area (Å²) in [5, 5.41) is 2.88. The Morgan fingerprint density at radius 2 is 2.11 bits per heavy atom. The molecule has 0 bridgehead atoms. The summed E-state index contributed by atoms with van der Waals surface area (Å²) in [7, 11) is 0. The van der Waals surface area contributed by atoms with Crippen LogP contribution in [0.15, 0.2) is 36.5 Å². The Balaban J connectivity index is 2.34. The number of rotatable bonds is 3. The van der Waals surface area contributed by atoms with Gasteiger partial charge in [-0.25, -0.2) is 4.98 Å². The van der Waals surface area contributed by atoms with Crippen LogP contribution in [0.1, 0.15) is 6.92 Å². The number of pyridine rings is 1. The van der Waals surface area contributed by atoms with E-state index in [1.807, 2.05) is 25.1 Å². The molecule has 0 fully saturated rings. The molecule has 2 aromatic heterocycles. The number of benzene rings is 1. The van der Waals surface area contributed by atoms with E-state index in [2.05, 4.69) is 21.7 Å². The van der Waals surface area contributed by atoms with Crippen LogP contribution in [0.2, 0.25) is 5.02 Å². The highest BCUT2D eigenvalue weighted by Crippen LogP contribution is 2.29. The van der Waals surface area contributed by atoms with E-state index in [9.17, 15) is 0 Å². The van der Waals surface area contributed by atoms with Crippen molar-refractivity contribution >= 4 is 33.5 Å². The maximum absolute atomic E-state index is 6.03. The van der Waals surface area contributed by atoms with Gasteiger partial charge in [-0.3, -0.25) is 0 Å². The summed E-state index contributed by atoms with van der Waals surface area (Å²) in [6.45, 7) is 3.18. The molecule has 0 unspecified atom stereocenters. The predicted molar refractivity (Wildman–Crippen MR) is 73.9 cm³/mol. The third-order valence-electron chi connectivity index (χ3n) is 3.00. The fourth-order valence-corrected chi connectivity index (χ4v) is 2.37. The largest absolute Gasteiger partial charge is 0.361 e. The molecule has 0 spiro atoms. The Kier molecular flexibility index (Phi) is 2.94. The van der Waals surface area contributed by atoms with Crippen LogP contribution in [0.3, 0.4) is 0 Å². The van der Waals surface area contributed by atoms with E-state index in [1.165, 1.54) is 0 Å². The highest BCUT2D eigenvalue weighted by molar-refractivity contribution is 6.31. The van der Waals surface area contributed by atoms with Gasteiger partial charge in [0.2, 0.25) is 0 Å². The van der Waals surface area contributed by atoms with Gasteiger partial charge in [-0.15, -0.1) is 0 Å². The minimum Gasteiger partial charge on any atom is -0.361 e. The van der Waals surface area contributed by atoms with Gasteiger partial charge in [-0.05, 0) is 19.1 Å². The molecule has 0 saturated carbocycles. The van der Waals surface area contributed by atoms with Gasteiger partial charge in [0, 0.05) is 23.6 Å². The number of fused-ring (bicyclic) bond motifs is 3. The first-order valence-corrected chi connectivity index (χ1v) is 6.29. The molecule has 92 valence electrons. The number of aromatic nitrogens is 2. The van der Waals surface area contributed by atoms with Gasteiger partial charge in [0.25, 0.3) is 0 Å². The third kappa shape index (κ3) is 1.76. The second-order valence-corrected chi connectivity index (χ2v) is 4.53. The smallest absolute Gasteiger partial charge is 0.142 e. The average Bonchev–Trinajstić information content (AvgIpc) is 2.70. The highest BCUT2D eigenvalue weighted by Gasteiger charge is 2.11. The van der Waals surface area contributed by atoms with Crippen molar-refractivity contribution in [2.24, 2.45) is 0 Å². The molecule has 1 aromatic carbocycles. The second-order valence-electron chi connectivity index (χ2n) is 4.09. The molecule has 0 N–H and O–H groups in total. The molecule has 0 aliphatic rings. The molecular formula is C14H13ClN2O. The average molecular weight is 261 g/mol. The van der Waals surface area contributed by atoms with Crippen molar-refractivity contribution < 1.29 is 4.74 Å². The maximum atomic E-state index is 6.03. The van der Waals surface area contributed by atoms with Crippen molar-refractivity contribution in [2.45, 2.75) is 13.7 Å². The van der Waals surface area contributed by atoms with Crippen LogP contribution < -0.4 is 0 Å². The summed E-state index contributed by atoms with van der Waals surface area (Å²) < 4.78 is 7.59. The molecule has 0 aliphatic heterocycles. The minimum atomic E-state index is 0.509. The van der Waals surface area contributed by atoms with Gasteiger partial charge in [0.15, 0.2) is 0 Å². The number of halogens is 1. The van der Waals surface area contributed by atoms with Gasteiger partial charge in [0.05, 0.1) is 10.5 Å². The summed E-state index contributed by atoms with van der Waals surface area (Å²) in [5.74, 6) is 0. The van der Waals surface area contributed by atoms with E-state index in [-0.39, 0.29) is 0 Å². The zero-order valence-electron chi connectivity index (χ0n) is 10.1. The number of hydrogen-bond donors (Lipinski definition) is 0. The Bertz CT molecular complexity index is 705. The molecule has 0 aliphatic carbocycles. The topological polar surface area (TPSA) is 27.1 Å². The van der Waals surface area contributed by atoms with Crippen LogP contribution >= 0.6 is 11.6 Å². The van der Waals surface area contributed by atoms with Gasteiger partial charge < -0.3 is 9.30 Å². The molecule has 3 aromatic rings. The van der Waals surface area contributed by atoms with Crippen LogP contribution in [0, 0.1) is 0 Å². The number of nitrogens with zero attached hydrogens (tertiary/aromatic N) is 2. The number of hydrogen-bond acceptors (Lipinski definition) is 2. The quantitative estimate of drug-likeness (QED) is 0.715.